The molecule has 0 aliphatic rings. The summed E-state index contributed by atoms with van der Waals surface area (Å²) >= 11 is 0. The van der Waals surface area contributed by atoms with E-state index in [1.165, 1.54) is 7.11 Å². The second-order valence-corrected chi connectivity index (χ2v) is 6.83. The summed E-state index contributed by atoms with van der Waals surface area (Å²) in [5.41, 5.74) is 0. The van der Waals surface area contributed by atoms with Crippen LogP contribution < -0.4 is 4.89 Å². The summed E-state index contributed by atoms with van der Waals surface area (Å²) in [7, 11) is 1.99. The summed E-state index contributed by atoms with van der Waals surface area (Å²) in [5.74, 6) is -0.815. The number of ketones is 1. The van der Waals surface area contributed by atoms with Gasteiger partial charge >= 0.3 is 0 Å². The first-order valence-corrected chi connectivity index (χ1v) is 7.73. The minimum Gasteiger partial charge on any atom is -0.756 e. The van der Waals surface area contributed by atoms with E-state index in [2.05, 4.69) is 13.8 Å². The summed E-state index contributed by atoms with van der Waals surface area (Å²) in [5, 5.41) is 18.3. The van der Waals surface area contributed by atoms with Crippen LogP contribution in [0.1, 0.15) is 0 Å². The van der Waals surface area contributed by atoms with Gasteiger partial charge in [-0.1, -0.05) is 0 Å². The molecule has 2 N–H and O–H groups in total. The van der Waals surface area contributed by atoms with Gasteiger partial charge in [-0.05, 0) is 0 Å². The molecule has 0 saturated heterocycles. The third-order valence-corrected chi connectivity index (χ3v) is 3.38. The van der Waals surface area contributed by atoms with E-state index in [1.807, 2.05) is 21.1 Å². The lowest BCUT2D eigenvalue weighted by Gasteiger charge is -2.30. The quantitative estimate of drug-likeness (QED) is 0.334. The molecule has 0 rings (SSSR count). The number of phosphoric acid groups is 1. The Morgan fingerprint density at radius 2 is 1.95 bits per heavy atom. The van der Waals surface area contributed by atoms with E-state index in [4.69, 9.17) is 5.11 Å². The molecule has 3 atom stereocenters. The highest BCUT2D eigenvalue weighted by atomic mass is 31.2. The lowest BCUT2D eigenvalue weighted by Crippen LogP contribution is -2.41. The molecular formula is C11H24NO8P. The maximum Gasteiger partial charge on any atom is 0.268 e. The number of aliphatic hydroxyl groups is 2. The molecular weight excluding hydrogens is 305 g/mol. The van der Waals surface area contributed by atoms with Crippen molar-refractivity contribution in [2.75, 3.05) is 54.6 Å². The van der Waals surface area contributed by atoms with E-state index in [1.54, 1.807) is 0 Å². The van der Waals surface area contributed by atoms with Gasteiger partial charge in [-0.25, -0.2) is 0 Å². The number of methoxy groups -OCH3 is 1. The first-order valence-electron chi connectivity index (χ1n) is 6.27. The van der Waals surface area contributed by atoms with Crippen molar-refractivity contribution in [3.63, 3.8) is 0 Å². The van der Waals surface area contributed by atoms with Crippen molar-refractivity contribution < 1.29 is 42.7 Å². The molecule has 21 heavy (non-hydrogen) atoms. The van der Waals surface area contributed by atoms with Crippen molar-refractivity contribution in [1.82, 2.24) is 0 Å². The van der Waals surface area contributed by atoms with E-state index in [0.717, 1.165) is 0 Å². The standard InChI is InChI=1S/C11H24NO8P/c1-12(2,3)5-6-19-21(16,17)20-11(9(14)7-13)10(15)8-18-4/h9,11,13-14H,5-8H2,1-4H3/t9-,11?/m0/s1. The number of quaternary nitrogens is 1. The van der Waals surface area contributed by atoms with E-state index in [0.29, 0.717) is 11.0 Å². The molecule has 0 radical (unpaired) electrons. The highest BCUT2D eigenvalue weighted by Gasteiger charge is 2.31. The molecule has 0 fully saturated rings. The third-order valence-electron chi connectivity index (χ3n) is 2.39. The van der Waals surface area contributed by atoms with Crippen LogP contribution in [-0.4, -0.2) is 87.3 Å². The summed E-state index contributed by atoms with van der Waals surface area (Å²) in [6.07, 6.45) is -3.45. The SMILES string of the molecule is COCC(=O)C(OP(=O)([O-])OCC[N+](C)(C)C)[C@@H](O)CO. The Labute approximate surface area is 124 Å². The molecule has 0 heterocycles. The average Bonchev–Trinajstić information content (AvgIpc) is 2.33. The van der Waals surface area contributed by atoms with Crippen LogP contribution in [0, 0.1) is 0 Å². The predicted octanol–water partition coefficient (Wildman–Crippen LogP) is -1.87. The van der Waals surface area contributed by atoms with Gasteiger partial charge < -0.3 is 33.4 Å². The molecule has 2 unspecified atom stereocenters. The van der Waals surface area contributed by atoms with Gasteiger partial charge in [0.2, 0.25) is 0 Å². The van der Waals surface area contributed by atoms with Gasteiger partial charge in [0.15, 0.2) is 11.9 Å². The number of nitrogens with zero attached hydrogens (tertiary/aromatic N) is 1. The molecule has 0 saturated carbocycles. The number of hydrogen-bond acceptors (Lipinski definition) is 8. The Bertz CT molecular complexity index is 370. The fraction of sp³-hybridized carbons (Fsp3) is 0.909. The zero-order chi connectivity index (χ0) is 16.7. The lowest BCUT2D eigenvalue weighted by atomic mass is 10.1. The van der Waals surface area contributed by atoms with Gasteiger partial charge in [-0.3, -0.25) is 9.36 Å². The highest BCUT2D eigenvalue weighted by Crippen LogP contribution is 2.40. The fourth-order valence-electron chi connectivity index (χ4n) is 1.26. The first kappa shape index (κ1) is 20.6. The van der Waals surface area contributed by atoms with Crippen molar-refractivity contribution in [2.45, 2.75) is 12.2 Å². The molecule has 9 nitrogen and oxygen atoms in total. The van der Waals surface area contributed by atoms with Crippen LogP contribution in [-0.2, 0) is 23.1 Å². The van der Waals surface area contributed by atoms with Crippen LogP contribution in [0.25, 0.3) is 0 Å². The number of likely N-dealkylation sites (N-methyl/N-ethyl adjacent to an activating group) is 1. The van der Waals surface area contributed by atoms with Crippen molar-refractivity contribution in [3.05, 3.63) is 0 Å². The maximum absolute atomic E-state index is 11.6. The van der Waals surface area contributed by atoms with Crippen LogP contribution in [0.5, 0.6) is 0 Å². The molecule has 0 aromatic heterocycles. The zero-order valence-electron chi connectivity index (χ0n) is 12.7. The summed E-state index contributed by atoms with van der Waals surface area (Å²) in [4.78, 5) is 23.3. The summed E-state index contributed by atoms with van der Waals surface area (Å²) in [6.45, 7) is -1.03. The smallest absolute Gasteiger partial charge is 0.268 e. The average molecular weight is 329 g/mol. The third kappa shape index (κ3) is 9.28. The predicted molar refractivity (Wildman–Crippen MR) is 71.3 cm³/mol. The lowest BCUT2D eigenvalue weighted by molar-refractivity contribution is -0.870. The van der Waals surface area contributed by atoms with Gasteiger partial charge in [0.25, 0.3) is 7.82 Å². The Morgan fingerprint density at radius 1 is 1.38 bits per heavy atom. The molecule has 0 aliphatic heterocycles. The molecule has 0 spiro atoms. The normalized spacial score (nSPS) is 18.0. The van der Waals surface area contributed by atoms with Crippen molar-refractivity contribution in [3.8, 4) is 0 Å². The minimum absolute atomic E-state index is 0.134. The Hall–Kier alpha value is -0.380. The Balaban J connectivity index is 4.66. The molecule has 0 amide bonds. The Kier molecular flexibility index (Phi) is 8.76. The Morgan fingerprint density at radius 3 is 2.38 bits per heavy atom. The minimum atomic E-state index is -4.79. The molecule has 0 aliphatic carbocycles. The first-order chi connectivity index (χ1) is 9.52. The molecule has 0 aromatic carbocycles. The van der Waals surface area contributed by atoms with Gasteiger partial charge in [0.1, 0.15) is 25.9 Å². The number of hydrogen-bond donors (Lipinski definition) is 2. The molecule has 10 heteroatoms. The number of aliphatic hydroxyl groups excluding tert-OH is 2. The fourth-order valence-corrected chi connectivity index (χ4v) is 2.16. The van der Waals surface area contributed by atoms with Gasteiger partial charge in [-0.15, -0.1) is 0 Å². The molecule has 0 aromatic rings. The highest BCUT2D eigenvalue weighted by molar-refractivity contribution is 7.45. The number of carbonyl (C=O) groups is 1. The van der Waals surface area contributed by atoms with Crippen molar-refractivity contribution >= 4 is 13.6 Å². The monoisotopic (exact) mass is 329 g/mol. The number of carbonyl (C=O) groups excluding carboxylic acids is 1. The van der Waals surface area contributed by atoms with E-state index < -0.39 is 39.0 Å². The van der Waals surface area contributed by atoms with Crippen LogP contribution in [0.4, 0.5) is 0 Å². The van der Waals surface area contributed by atoms with E-state index >= 15 is 0 Å². The molecule has 0 bridgehead atoms. The van der Waals surface area contributed by atoms with Crippen LogP contribution in [0.2, 0.25) is 0 Å². The summed E-state index contributed by atoms with van der Waals surface area (Å²) < 4.78 is 25.9. The van der Waals surface area contributed by atoms with Crippen molar-refractivity contribution in [1.29, 1.82) is 0 Å². The number of phosphoric ester groups is 1. The molecule has 126 valence electrons. The van der Waals surface area contributed by atoms with Crippen LogP contribution in [0.3, 0.4) is 0 Å². The number of ether oxygens (including phenoxy) is 1. The van der Waals surface area contributed by atoms with Gasteiger partial charge in [-0.2, -0.15) is 0 Å². The largest absolute Gasteiger partial charge is 0.756 e. The maximum atomic E-state index is 11.6. The zero-order valence-corrected chi connectivity index (χ0v) is 13.6. The second kappa shape index (κ2) is 8.92. The van der Waals surface area contributed by atoms with Gasteiger partial charge in [0, 0.05) is 7.11 Å². The number of Topliss-reactive ketones (excluding diaryl/α,β-unsaturated/α-hetero) is 1. The van der Waals surface area contributed by atoms with E-state index in [9.17, 15) is 19.4 Å². The second-order valence-electron chi connectivity index (χ2n) is 5.47. The van der Waals surface area contributed by atoms with Gasteiger partial charge in [0.05, 0.1) is 27.7 Å². The topological polar surface area (TPSA) is 125 Å². The van der Waals surface area contributed by atoms with Crippen LogP contribution >= 0.6 is 7.82 Å². The number of rotatable bonds is 11. The summed E-state index contributed by atoms with van der Waals surface area (Å²) in [6, 6.07) is 0. The van der Waals surface area contributed by atoms with E-state index in [-0.39, 0.29) is 6.61 Å². The van der Waals surface area contributed by atoms with Crippen molar-refractivity contribution in [2.24, 2.45) is 0 Å². The van der Waals surface area contributed by atoms with Crippen LogP contribution in [0.15, 0.2) is 0 Å².